The summed E-state index contributed by atoms with van der Waals surface area (Å²) < 4.78 is 7.43. The van der Waals surface area contributed by atoms with Crippen molar-refractivity contribution in [1.82, 2.24) is 25.0 Å². The molecule has 2 aromatic heterocycles. The Bertz CT molecular complexity index is 1050. The van der Waals surface area contributed by atoms with Crippen molar-refractivity contribution in [3.63, 3.8) is 0 Å². The van der Waals surface area contributed by atoms with Gasteiger partial charge in [0.1, 0.15) is 12.1 Å². The molecule has 1 aliphatic rings. The predicted molar refractivity (Wildman–Crippen MR) is 101 cm³/mol. The van der Waals surface area contributed by atoms with Gasteiger partial charge >= 0.3 is 6.03 Å². The lowest BCUT2D eigenvalue weighted by molar-refractivity contribution is -0.132. The second-order valence-corrected chi connectivity index (χ2v) is 6.92. The minimum Gasteiger partial charge on any atom is -0.439 e. The Hall–Kier alpha value is -3.42. The highest BCUT2D eigenvalue weighted by Gasteiger charge is 2.52. The molecule has 1 atom stereocenters. The molecule has 0 spiro atoms. The van der Waals surface area contributed by atoms with E-state index in [-0.39, 0.29) is 12.5 Å². The van der Waals surface area contributed by atoms with Gasteiger partial charge in [-0.1, -0.05) is 31.2 Å². The van der Waals surface area contributed by atoms with Crippen LogP contribution < -0.4 is 5.32 Å². The average Bonchev–Trinajstić information content (AvgIpc) is 3.38. The summed E-state index contributed by atoms with van der Waals surface area (Å²) in [6.45, 7) is 3.81. The molecule has 0 bridgehead atoms. The van der Waals surface area contributed by atoms with Crippen molar-refractivity contribution in [2.45, 2.75) is 32.4 Å². The van der Waals surface area contributed by atoms with Gasteiger partial charge in [0.15, 0.2) is 5.76 Å². The van der Waals surface area contributed by atoms with Gasteiger partial charge in [-0.05, 0) is 18.9 Å². The van der Waals surface area contributed by atoms with Gasteiger partial charge in [-0.3, -0.25) is 14.4 Å². The zero-order chi connectivity index (χ0) is 19.9. The van der Waals surface area contributed by atoms with E-state index in [9.17, 15) is 9.59 Å². The normalized spacial score (nSPS) is 19.3. The summed E-state index contributed by atoms with van der Waals surface area (Å²) in [5.41, 5.74) is 1.53. The second kappa shape index (κ2) is 6.63. The third kappa shape index (κ3) is 2.77. The first-order valence-corrected chi connectivity index (χ1v) is 9.08. The van der Waals surface area contributed by atoms with Crippen LogP contribution in [0.15, 0.2) is 47.3 Å². The van der Waals surface area contributed by atoms with Gasteiger partial charge in [0.25, 0.3) is 5.91 Å². The Morgan fingerprint density at radius 3 is 2.68 bits per heavy atom. The molecule has 4 rings (SSSR count). The molecule has 3 heterocycles. The molecule has 1 N–H and O–H groups in total. The number of urea groups is 1. The molecule has 3 aromatic rings. The van der Waals surface area contributed by atoms with Crippen molar-refractivity contribution in [3.05, 3.63) is 59.9 Å². The van der Waals surface area contributed by atoms with Gasteiger partial charge < -0.3 is 9.73 Å². The molecule has 1 saturated heterocycles. The van der Waals surface area contributed by atoms with E-state index in [2.05, 4.69) is 15.4 Å². The largest absolute Gasteiger partial charge is 0.439 e. The van der Waals surface area contributed by atoms with E-state index in [0.717, 1.165) is 16.0 Å². The number of imide groups is 1. The van der Waals surface area contributed by atoms with Crippen LogP contribution in [-0.2, 0) is 23.9 Å². The van der Waals surface area contributed by atoms with Crippen LogP contribution in [0, 0.1) is 6.92 Å². The number of aryl methyl sites for hydroxylation is 2. The van der Waals surface area contributed by atoms with E-state index in [0.29, 0.717) is 23.6 Å². The molecule has 3 amide bonds. The fraction of sp³-hybridized carbons (Fsp3) is 0.300. The molecule has 1 unspecified atom stereocenters. The quantitative estimate of drug-likeness (QED) is 0.688. The second-order valence-electron chi connectivity index (χ2n) is 6.92. The number of carbonyl (C=O) groups excluding carboxylic acids is 2. The van der Waals surface area contributed by atoms with E-state index >= 15 is 0 Å². The molecule has 28 heavy (non-hydrogen) atoms. The summed E-state index contributed by atoms with van der Waals surface area (Å²) in [5, 5.41) is 6.96. The van der Waals surface area contributed by atoms with E-state index in [1.807, 2.05) is 38.1 Å². The number of carbonyl (C=O) groups is 2. The van der Waals surface area contributed by atoms with E-state index in [1.54, 1.807) is 30.3 Å². The van der Waals surface area contributed by atoms with Crippen LogP contribution in [0.5, 0.6) is 0 Å². The Morgan fingerprint density at radius 2 is 2.00 bits per heavy atom. The van der Waals surface area contributed by atoms with E-state index < -0.39 is 11.6 Å². The Labute approximate surface area is 162 Å². The zero-order valence-corrected chi connectivity index (χ0v) is 16.0. The van der Waals surface area contributed by atoms with Crippen molar-refractivity contribution >= 4 is 11.9 Å². The highest BCUT2D eigenvalue weighted by atomic mass is 16.4. The average molecular weight is 379 g/mol. The molecule has 0 saturated carbocycles. The molecule has 1 aliphatic heterocycles. The first-order chi connectivity index (χ1) is 13.4. The molecule has 144 valence electrons. The lowest BCUT2D eigenvalue weighted by Crippen LogP contribution is -2.43. The lowest BCUT2D eigenvalue weighted by Gasteiger charge is -2.23. The molecule has 1 aromatic carbocycles. The number of hydrogen-bond acceptors (Lipinski definition) is 5. The van der Waals surface area contributed by atoms with Gasteiger partial charge in [-0.15, -0.1) is 0 Å². The number of oxazole rings is 1. The van der Waals surface area contributed by atoms with Gasteiger partial charge in [0.2, 0.25) is 5.89 Å². The van der Waals surface area contributed by atoms with Gasteiger partial charge in [0, 0.05) is 24.4 Å². The molecule has 0 aliphatic carbocycles. The highest BCUT2D eigenvalue weighted by Crippen LogP contribution is 2.33. The summed E-state index contributed by atoms with van der Waals surface area (Å²) in [7, 11) is 1.77. The monoisotopic (exact) mass is 379 g/mol. The smallest absolute Gasteiger partial charge is 0.325 e. The Balaban J connectivity index is 1.60. The highest BCUT2D eigenvalue weighted by molar-refractivity contribution is 6.07. The number of nitrogens with zero attached hydrogens (tertiary/aromatic N) is 4. The topological polar surface area (TPSA) is 93.3 Å². The van der Waals surface area contributed by atoms with Crippen LogP contribution in [-0.4, -0.2) is 31.6 Å². The summed E-state index contributed by atoms with van der Waals surface area (Å²) in [6.07, 6.45) is 5.38. The van der Waals surface area contributed by atoms with Gasteiger partial charge in [-0.2, -0.15) is 5.10 Å². The summed E-state index contributed by atoms with van der Waals surface area (Å²) in [4.78, 5) is 31.1. The zero-order valence-electron chi connectivity index (χ0n) is 16.0. The van der Waals surface area contributed by atoms with Crippen molar-refractivity contribution in [2.24, 2.45) is 7.05 Å². The summed E-state index contributed by atoms with van der Waals surface area (Å²) in [5.74, 6) is 0.581. The van der Waals surface area contributed by atoms with Crippen molar-refractivity contribution in [2.75, 3.05) is 0 Å². The predicted octanol–water partition coefficient (Wildman–Crippen LogP) is 2.74. The van der Waals surface area contributed by atoms with Crippen LogP contribution >= 0.6 is 0 Å². The number of benzene rings is 1. The lowest BCUT2D eigenvalue weighted by atomic mass is 9.89. The number of rotatable bonds is 5. The first kappa shape index (κ1) is 18.0. The SMILES string of the molecule is CCC1(c2cnn(C)c2)NC(=O)N(Cc2ncc(-c3ccccc3C)o2)C1=O. The van der Waals surface area contributed by atoms with Crippen LogP contribution in [0.1, 0.15) is 30.4 Å². The number of aromatic nitrogens is 3. The maximum atomic E-state index is 13.2. The van der Waals surface area contributed by atoms with Crippen LogP contribution in [0.3, 0.4) is 0 Å². The van der Waals surface area contributed by atoms with E-state index in [1.165, 1.54) is 0 Å². The molecule has 8 heteroatoms. The van der Waals surface area contributed by atoms with Crippen LogP contribution in [0.2, 0.25) is 0 Å². The Kier molecular flexibility index (Phi) is 4.26. The third-order valence-electron chi connectivity index (χ3n) is 5.16. The number of amides is 3. The maximum Gasteiger partial charge on any atom is 0.325 e. The third-order valence-corrected chi connectivity index (χ3v) is 5.16. The van der Waals surface area contributed by atoms with Crippen molar-refractivity contribution in [1.29, 1.82) is 0 Å². The van der Waals surface area contributed by atoms with Gasteiger partial charge in [0.05, 0.1) is 12.4 Å². The molecule has 1 fully saturated rings. The summed E-state index contributed by atoms with van der Waals surface area (Å²) in [6, 6.07) is 7.33. The molecule has 0 radical (unpaired) electrons. The van der Waals surface area contributed by atoms with Crippen molar-refractivity contribution in [3.8, 4) is 11.3 Å². The van der Waals surface area contributed by atoms with Crippen molar-refractivity contribution < 1.29 is 14.0 Å². The molecular weight excluding hydrogens is 358 g/mol. The molecule has 8 nitrogen and oxygen atoms in total. The number of nitrogens with one attached hydrogen (secondary N) is 1. The first-order valence-electron chi connectivity index (χ1n) is 9.08. The van der Waals surface area contributed by atoms with E-state index in [4.69, 9.17) is 4.42 Å². The summed E-state index contributed by atoms with van der Waals surface area (Å²) >= 11 is 0. The minimum atomic E-state index is -1.11. The fourth-order valence-electron chi connectivity index (χ4n) is 3.54. The van der Waals surface area contributed by atoms with Gasteiger partial charge in [-0.25, -0.2) is 9.78 Å². The van der Waals surface area contributed by atoms with Crippen LogP contribution in [0.25, 0.3) is 11.3 Å². The van der Waals surface area contributed by atoms with Crippen LogP contribution in [0.4, 0.5) is 4.79 Å². The maximum absolute atomic E-state index is 13.2. The molecular formula is C20H21N5O3. The minimum absolute atomic E-state index is 0.0292. The fourth-order valence-corrected chi connectivity index (χ4v) is 3.54. The standard InChI is InChI=1S/C20H21N5O3/c1-4-20(14-9-22-24(3)11-14)18(26)25(19(27)23-20)12-17-21-10-16(28-17)15-8-6-5-7-13(15)2/h5-11H,4,12H2,1-3H3,(H,23,27). The number of hydrogen-bond donors (Lipinski definition) is 1. The Morgan fingerprint density at radius 1 is 1.21 bits per heavy atom.